The Morgan fingerprint density at radius 3 is 2.45 bits per heavy atom. The molecule has 0 aromatic heterocycles. The van der Waals surface area contributed by atoms with E-state index in [4.69, 9.17) is 4.74 Å². The highest BCUT2D eigenvalue weighted by atomic mass is 127. The molecule has 1 aliphatic heterocycles. The van der Waals surface area contributed by atoms with Crippen molar-refractivity contribution >= 4 is 41.5 Å². The number of guanidine groups is 1. The Morgan fingerprint density at radius 1 is 1.03 bits per heavy atom. The van der Waals surface area contributed by atoms with Crippen LogP contribution in [0.5, 0.6) is 5.75 Å². The second-order valence-electron chi connectivity index (χ2n) is 8.06. The number of amides is 1. The zero-order valence-corrected chi connectivity index (χ0v) is 21.9. The van der Waals surface area contributed by atoms with Crippen molar-refractivity contribution in [1.82, 2.24) is 15.5 Å². The fourth-order valence-electron chi connectivity index (χ4n) is 3.75. The minimum absolute atomic E-state index is 0. The molecule has 1 amide bonds. The van der Waals surface area contributed by atoms with Gasteiger partial charge in [-0.2, -0.15) is 0 Å². The number of halogens is 1. The summed E-state index contributed by atoms with van der Waals surface area (Å²) in [4.78, 5) is 18.0. The van der Waals surface area contributed by atoms with Gasteiger partial charge in [0.1, 0.15) is 12.4 Å². The largest absolute Gasteiger partial charge is 0.492 e. The fourth-order valence-corrected chi connectivity index (χ4v) is 3.75. The Balaban J connectivity index is 0.00000385. The van der Waals surface area contributed by atoms with Crippen molar-refractivity contribution in [3.05, 3.63) is 59.7 Å². The van der Waals surface area contributed by atoms with Gasteiger partial charge in [-0.3, -0.25) is 14.7 Å². The number of hydrogen-bond donors (Lipinski definition) is 3. The second kappa shape index (κ2) is 14.7. The molecule has 0 bridgehead atoms. The lowest BCUT2D eigenvalue weighted by Crippen LogP contribution is -2.38. The molecule has 0 saturated carbocycles. The molecule has 1 heterocycles. The number of aliphatic imine (C=N–C) groups is 1. The van der Waals surface area contributed by atoms with Gasteiger partial charge in [-0.05, 0) is 49.2 Å². The zero-order valence-electron chi connectivity index (χ0n) is 19.6. The van der Waals surface area contributed by atoms with Gasteiger partial charge in [0.2, 0.25) is 5.91 Å². The smallest absolute Gasteiger partial charge is 0.221 e. The van der Waals surface area contributed by atoms with E-state index in [-0.39, 0.29) is 29.9 Å². The van der Waals surface area contributed by atoms with E-state index in [1.54, 1.807) is 7.05 Å². The van der Waals surface area contributed by atoms with Crippen LogP contribution in [0.4, 0.5) is 5.69 Å². The molecule has 0 aliphatic carbocycles. The molecule has 1 aliphatic rings. The van der Waals surface area contributed by atoms with Crippen LogP contribution in [0.3, 0.4) is 0 Å². The Bertz CT molecular complexity index is 883. The van der Waals surface area contributed by atoms with Gasteiger partial charge in [-0.15, -0.1) is 24.0 Å². The molecule has 0 unspecified atom stereocenters. The molecule has 0 spiro atoms. The van der Waals surface area contributed by atoms with E-state index in [9.17, 15) is 4.79 Å². The number of nitrogens with one attached hydrogen (secondary N) is 3. The number of nitrogens with zero attached hydrogens (tertiary/aromatic N) is 2. The van der Waals surface area contributed by atoms with Crippen LogP contribution < -0.4 is 20.7 Å². The van der Waals surface area contributed by atoms with Crippen molar-refractivity contribution in [2.75, 3.05) is 38.6 Å². The molecule has 2 aromatic rings. The quantitative estimate of drug-likeness (QED) is 0.186. The Morgan fingerprint density at radius 2 is 1.76 bits per heavy atom. The van der Waals surface area contributed by atoms with Gasteiger partial charge in [0.25, 0.3) is 0 Å². The van der Waals surface area contributed by atoms with E-state index in [0.717, 1.165) is 18.2 Å². The highest BCUT2D eigenvalue weighted by Crippen LogP contribution is 2.17. The van der Waals surface area contributed by atoms with Crippen molar-refractivity contribution in [2.24, 2.45) is 4.99 Å². The summed E-state index contributed by atoms with van der Waals surface area (Å²) in [7, 11) is 1.76. The number of piperidine rings is 1. The van der Waals surface area contributed by atoms with Crippen LogP contribution in [-0.2, 0) is 17.9 Å². The molecule has 0 radical (unpaired) electrons. The predicted octanol–water partition coefficient (Wildman–Crippen LogP) is 3.99. The first-order valence-electron chi connectivity index (χ1n) is 11.4. The Hall–Kier alpha value is -2.33. The first kappa shape index (κ1) is 26.9. The first-order chi connectivity index (χ1) is 15.6. The summed E-state index contributed by atoms with van der Waals surface area (Å²) in [6, 6.07) is 16.2. The summed E-state index contributed by atoms with van der Waals surface area (Å²) < 4.78 is 5.76. The Labute approximate surface area is 214 Å². The summed E-state index contributed by atoms with van der Waals surface area (Å²) in [5.74, 6) is 1.35. The van der Waals surface area contributed by atoms with Crippen molar-refractivity contribution in [2.45, 2.75) is 39.3 Å². The summed E-state index contributed by atoms with van der Waals surface area (Å²) >= 11 is 0. The van der Waals surface area contributed by atoms with Crippen LogP contribution >= 0.6 is 24.0 Å². The molecule has 1 fully saturated rings. The zero-order chi connectivity index (χ0) is 22.6. The number of anilines is 1. The fraction of sp³-hybridized carbons (Fsp3) is 0.440. The lowest BCUT2D eigenvalue weighted by atomic mass is 10.1. The molecule has 8 heteroatoms. The summed E-state index contributed by atoms with van der Waals surface area (Å²) in [5, 5.41) is 9.35. The predicted molar refractivity (Wildman–Crippen MR) is 145 cm³/mol. The topological polar surface area (TPSA) is 78.0 Å². The molecule has 33 heavy (non-hydrogen) atoms. The van der Waals surface area contributed by atoms with E-state index in [1.165, 1.54) is 50.4 Å². The molecule has 1 saturated heterocycles. The molecule has 0 atom stereocenters. The maximum atomic E-state index is 11.2. The van der Waals surface area contributed by atoms with Crippen molar-refractivity contribution in [1.29, 1.82) is 0 Å². The van der Waals surface area contributed by atoms with Crippen molar-refractivity contribution < 1.29 is 9.53 Å². The number of carbonyl (C=O) groups is 1. The summed E-state index contributed by atoms with van der Waals surface area (Å²) in [6.07, 6.45) is 4.01. The number of carbonyl (C=O) groups excluding carboxylic acids is 1. The van der Waals surface area contributed by atoms with Gasteiger partial charge < -0.3 is 20.7 Å². The third-order valence-electron chi connectivity index (χ3n) is 5.38. The molecular weight excluding hydrogens is 529 g/mol. The second-order valence-corrected chi connectivity index (χ2v) is 8.06. The summed E-state index contributed by atoms with van der Waals surface area (Å²) in [5.41, 5.74) is 3.32. The van der Waals surface area contributed by atoms with E-state index in [1.807, 2.05) is 24.3 Å². The number of likely N-dealkylation sites (tertiary alicyclic amines) is 1. The first-order valence-corrected chi connectivity index (χ1v) is 11.4. The minimum atomic E-state index is -0.102. The SMILES string of the molecule is CN=C(NCCOc1cccc(NC(C)=O)c1)NCc1ccc(CN2CCCCC2)cc1.I. The lowest BCUT2D eigenvalue weighted by molar-refractivity contribution is -0.114. The number of benzene rings is 2. The molecule has 2 aromatic carbocycles. The molecular formula is C25H36IN5O2. The van der Waals surface area contributed by atoms with Gasteiger partial charge in [0.15, 0.2) is 5.96 Å². The standard InChI is InChI=1S/C25H35N5O2.HI/c1-20(31)29-23-7-6-8-24(17-23)32-16-13-27-25(26-2)28-18-21-9-11-22(12-10-21)19-30-14-4-3-5-15-30;/h6-12,17H,3-5,13-16,18-19H2,1-2H3,(H,29,31)(H2,26,27,28);1H. The maximum absolute atomic E-state index is 11.2. The van der Waals surface area contributed by atoms with E-state index in [2.05, 4.69) is 50.1 Å². The van der Waals surface area contributed by atoms with Gasteiger partial charge in [0, 0.05) is 38.8 Å². The molecule has 3 rings (SSSR count). The van der Waals surface area contributed by atoms with E-state index < -0.39 is 0 Å². The van der Waals surface area contributed by atoms with Gasteiger partial charge in [0.05, 0.1) is 6.54 Å². The van der Waals surface area contributed by atoms with Crippen molar-refractivity contribution in [3.8, 4) is 5.75 Å². The van der Waals surface area contributed by atoms with Crippen LogP contribution in [0.15, 0.2) is 53.5 Å². The number of hydrogen-bond acceptors (Lipinski definition) is 4. The average Bonchev–Trinajstić information content (AvgIpc) is 2.80. The highest BCUT2D eigenvalue weighted by Gasteiger charge is 2.10. The monoisotopic (exact) mass is 565 g/mol. The number of rotatable bonds is 9. The normalized spacial score (nSPS) is 14.2. The van der Waals surface area contributed by atoms with Crippen LogP contribution in [0, 0.1) is 0 Å². The van der Waals surface area contributed by atoms with Gasteiger partial charge >= 0.3 is 0 Å². The minimum Gasteiger partial charge on any atom is -0.492 e. The third-order valence-corrected chi connectivity index (χ3v) is 5.38. The average molecular weight is 566 g/mol. The van der Waals surface area contributed by atoms with E-state index in [0.29, 0.717) is 25.4 Å². The molecule has 180 valence electrons. The number of ether oxygens (including phenoxy) is 1. The maximum Gasteiger partial charge on any atom is 0.221 e. The lowest BCUT2D eigenvalue weighted by Gasteiger charge is -2.26. The molecule has 7 nitrogen and oxygen atoms in total. The van der Waals surface area contributed by atoms with Crippen LogP contribution in [0.2, 0.25) is 0 Å². The van der Waals surface area contributed by atoms with Crippen LogP contribution in [0.1, 0.15) is 37.3 Å². The van der Waals surface area contributed by atoms with Crippen LogP contribution in [0.25, 0.3) is 0 Å². The van der Waals surface area contributed by atoms with Gasteiger partial charge in [-0.1, -0.05) is 36.8 Å². The molecule has 3 N–H and O–H groups in total. The van der Waals surface area contributed by atoms with Crippen molar-refractivity contribution in [3.63, 3.8) is 0 Å². The van der Waals surface area contributed by atoms with E-state index >= 15 is 0 Å². The third kappa shape index (κ3) is 10.00. The van der Waals surface area contributed by atoms with Gasteiger partial charge in [-0.25, -0.2) is 0 Å². The van der Waals surface area contributed by atoms with Crippen LogP contribution in [-0.4, -0.2) is 50.1 Å². The Kier molecular flexibility index (Phi) is 12.0. The summed E-state index contributed by atoms with van der Waals surface area (Å²) in [6.45, 7) is 6.77. The highest BCUT2D eigenvalue weighted by molar-refractivity contribution is 14.0.